The molecule has 2 heterocycles. The Bertz CT molecular complexity index is 890. The van der Waals surface area contributed by atoms with Gasteiger partial charge in [-0.2, -0.15) is 5.10 Å². The highest BCUT2D eigenvalue weighted by Gasteiger charge is 2.25. The number of nitrogens with zero attached hydrogens (tertiary/aromatic N) is 3. The fraction of sp³-hybridized carbons (Fsp3) is 0.235. The lowest BCUT2D eigenvalue weighted by molar-refractivity contribution is 0.574. The summed E-state index contributed by atoms with van der Waals surface area (Å²) in [5, 5.41) is 13.3. The van der Waals surface area contributed by atoms with E-state index >= 15 is 0 Å². The van der Waals surface area contributed by atoms with Crippen molar-refractivity contribution in [3.05, 3.63) is 59.6 Å². The van der Waals surface area contributed by atoms with E-state index < -0.39 is 11.6 Å². The molecule has 8 heteroatoms. The van der Waals surface area contributed by atoms with Crippen LogP contribution in [0.5, 0.6) is 0 Å². The van der Waals surface area contributed by atoms with Crippen molar-refractivity contribution in [3.8, 4) is 0 Å². The molecule has 128 valence electrons. The summed E-state index contributed by atoms with van der Waals surface area (Å²) < 4.78 is 26.6. The van der Waals surface area contributed by atoms with E-state index in [1.54, 1.807) is 6.07 Å². The number of hydrogen-bond donors (Lipinski definition) is 3. The smallest absolute Gasteiger partial charge is 0.153 e. The first-order chi connectivity index (χ1) is 12.2. The van der Waals surface area contributed by atoms with Gasteiger partial charge in [-0.15, -0.1) is 0 Å². The minimum atomic E-state index is -0.598. The van der Waals surface area contributed by atoms with Gasteiger partial charge in [0.1, 0.15) is 29.6 Å². The molecule has 1 aromatic carbocycles. The standard InChI is InChI=1S/C17H16F2N6/c18-12-4-3-11(13(19)5-12)8-20-15-7-16(22-9-21-15)23-17-6-14(24-25-17)10-1-2-10/h3-7,9-10H,1-2,8H2,(H3,20,21,22,23,24,25). The molecule has 1 saturated carbocycles. The Morgan fingerprint density at radius 3 is 2.68 bits per heavy atom. The lowest BCUT2D eigenvalue weighted by Crippen LogP contribution is -2.05. The van der Waals surface area contributed by atoms with Crippen LogP contribution in [0.3, 0.4) is 0 Å². The number of anilines is 3. The van der Waals surface area contributed by atoms with Crippen molar-refractivity contribution < 1.29 is 8.78 Å². The van der Waals surface area contributed by atoms with Crippen LogP contribution < -0.4 is 10.6 Å². The molecule has 1 aliphatic rings. The molecule has 0 unspecified atom stereocenters. The van der Waals surface area contributed by atoms with E-state index in [1.807, 2.05) is 6.07 Å². The average Bonchev–Trinajstić information content (AvgIpc) is 3.35. The summed E-state index contributed by atoms with van der Waals surface area (Å²) in [6.07, 6.45) is 3.80. The summed E-state index contributed by atoms with van der Waals surface area (Å²) in [4.78, 5) is 8.25. The maximum atomic E-state index is 13.7. The van der Waals surface area contributed by atoms with Gasteiger partial charge >= 0.3 is 0 Å². The van der Waals surface area contributed by atoms with Gasteiger partial charge in [-0.3, -0.25) is 5.10 Å². The number of rotatable bonds is 6. The van der Waals surface area contributed by atoms with Crippen LogP contribution in [0, 0.1) is 11.6 Å². The van der Waals surface area contributed by atoms with Crippen LogP contribution in [0.15, 0.2) is 36.7 Å². The largest absolute Gasteiger partial charge is 0.366 e. The molecule has 3 aromatic rings. The van der Waals surface area contributed by atoms with Gasteiger partial charge in [0.25, 0.3) is 0 Å². The highest BCUT2D eigenvalue weighted by molar-refractivity contribution is 5.56. The van der Waals surface area contributed by atoms with Crippen LogP contribution in [0.1, 0.15) is 30.0 Å². The molecule has 0 radical (unpaired) electrons. The van der Waals surface area contributed by atoms with Crippen LogP contribution in [0.2, 0.25) is 0 Å². The Balaban J connectivity index is 1.41. The van der Waals surface area contributed by atoms with Gasteiger partial charge in [0.15, 0.2) is 5.82 Å². The Morgan fingerprint density at radius 2 is 1.88 bits per heavy atom. The van der Waals surface area contributed by atoms with E-state index in [2.05, 4.69) is 30.8 Å². The second kappa shape index (κ2) is 6.46. The maximum absolute atomic E-state index is 13.7. The zero-order chi connectivity index (χ0) is 17.2. The van der Waals surface area contributed by atoms with Crippen LogP contribution in [0.4, 0.5) is 26.2 Å². The molecule has 0 saturated heterocycles. The summed E-state index contributed by atoms with van der Waals surface area (Å²) in [6, 6.07) is 7.16. The molecule has 0 aliphatic heterocycles. The van der Waals surface area contributed by atoms with Crippen molar-refractivity contribution >= 4 is 17.5 Å². The summed E-state index contributed by atoms with van der Waals surface area (Å²) in [5.74, 6) is 1.20. The first-order valence-electron chi connectivity index (χ1n) is 7.99. The number of halogens is 2. The Labute approximate surface area is 142 Å². The van der Waals surface area contributed by atoms with Crippen LogP contribution in [-0.2, 0) is 6.54 Å². The molecule has 0 spiro atoms. The SMILES string of the molecule is Fc1ccc(CNc2cc(Nc3cc(C4CC4)[nH]n3)ncn2)c(F)c1. The third kappa shape index (κ3) is 3.73. The van der Waals surface area contributed by atoms with E-state index in [9.17, 15) is 8.78 Å². The lowest BCUT2D eigenvalue weighted by atomic mass is 10.2. The number of hydrogen-bond acceptors (Lipinski definition) is 5. The molecule has 3 N–H and O–H groups in total. The zero-order valence-electron chi connectivity index (χ0n) is 13.3. The van der Waals surface area contributed by atoms with Crippen molar-refractivity contribution in [2.75, 3.05) is 10.6 Å². The Hall–Kier alpha value is -3.03. The maximum Gasteiger partial charge on any atom is 0.153 e. The number of aromatic amines is 1. The van der Waals surface area contributed by atoms with Crippen molar-refractivity contribution in [2.45, 2.75) is 25.3 Å². The molecule has 1 aliphatic carbocycles. The number of aromatic nitrogens is 4. The van der Waals surface area contributed by atoms with E-state index in [0.717, 1.165) is 11.8 Å². The first kappa shape index (κ1) is 15.5. The normalized spacial score (nSPS) is 13.7. The van der Waals surface area contributed by atoms with Crippen molar-refractivity contribution in [1.29, 1.82) is 0 Å². The van der Waals surface area contributed by atoms with Crippen molar-refractivity contribution in [3.63, 3.8) is 0 Å². The van der Waals surface area contributed by atoms with Crippen molar-refractivity contribution in [1.82, 2.24) is 20.2 Å². The predicted molar refractivity (Wildman–Crippen MR) is 89.6 cm³/mol. The van der Waals surface area contributed by atoms with Gasteiger partial charge in [-0.25, -0.2) is 18.7 Å². The summed E-state index contributed by atoms with van der Waals surface area (Å²) in [6.45, 7) is 0.191. The van der Waals surface area contributed by atoms with Gasteiger partial charge in [0.05, 0.1) is 0 Å². The van der Waals surface area contributed by atoms with E-state index in [-0.39, 0.29) is 6.54 Å². The van der Waals surface area contributed by atoms with E-state index in [1.165, 1.54) is 31.3 Å². The minimum Gasteiger partial charge on any atom is -0.366 e. The number of nitrogens with one attached hydrogen (secondary N) is 3. The lowest BCUT2D eigenvalue weighted by Gasteiger charge is -2.08. The third-order valence-corrected chi connectivity index (χ3v) is 4.01. The number of H-pyrrole nitrogens is 1. The van der Waals surface area contributed by atoms with Crippen LogP contribution >= 0.6 is 0 Å². The molecule has 2 aromatic heterocycles. The van der Waals surface area contributed by atoms with E-state index in [0.29, 0.717) is 28.9 Å². The molecule has 0 atom stereocenters. The highest BCUT2D eigenvalue weighted by atomic mass is 19.1. The second-order valence-corrected chi connectivity index (χ2v) is 5.99. The molecule has 6 nitrogen and oxygen atoms in total. The van der Waals surface area contributed by atoms with Gasteiger partial charge in [0, 0.05) is 41.9 Å². The molecule has 4 rings (SSSR count). The monoisotopic (exact) mass is 342 g/mol. The van der Waals surface area contributed by atoms with Gasteiger partial charge in [-0.05, 0) is 18.9 Å². The molecule has 0 bridgehead atoms. The highest BCUT2D eigenvalue weighted by Crippen LogP contribution is 2.39. The molecular formula is C17H16F2N6. The molecule has 25 heavy (non-hydrogen) atoms. The zero-order valence-corrected chi connectivity index (χ0v) is 13.3. The quantitative estimate of drug-likeness (QED) is 0.636. The van der Waals surface area contributed by atoms with Crippen LogP contribution in [0.25, 0.3) is 0 Å². The first-order valence-corrected chi connectivity index (χ1v) is 7.99. The molecular weight excluding hydrogens is 326 g/mol. The summed E-state index contributed by atoms with van der Waals surface area (Å²) in [5.41, 5.74) is 1.48. The van der Waals surface area contributed by atoms with Crippen molar-refractivity contribution in [2.24, 2.45) is 0 Å². The molecule has 0 amide bonds. The predicted octanol–water partition coefficient (Wildman–Crippen LogP) is 3.71. The van der Waals surface area contributed by atoms with Crippen LogP contribution in [-0.4, -0.2) is 20.2 Å². The number of benzene rings is 1. The summed E-state index contributed by atoms with van der Waals surface area (Å²) in [7, 11) is 0. The average molecular weight is 342 g/mol. The topological polar surface area (TPSA) is 78.5 Å². The van der Waals surface area contributed by atoms with Gasteiger partial charge < -0.3 is 10.6 Å². The van der Waals surface area contributed by atoms with E-state index in [4.69, 9.17) is 0 Å². The Morgan fingerprint density at radius 1 is 1.04 bits per heavy atom. The minimum absolute atomic E-state index is 0.191. The fourth-order valence-electron chi connectivity index (χ4n) is 2.51. The fourth-order valence-corrected chi connectivity index (χ4v) is 2.51. The summed E-state index contributed by atoms with van der Waals surface area (Å²) >= 11 is 0. The molecule has 1 fully saturated rings. The Kier molecular flexibility index (Phi) is 4.01. The third-order valence-electron chi connectivity index (χ3n) is 4.01. The second-order valence-electron chi connectivity index (χ2n) is 5.99. The van der Waals surface area contributed by atoms with Gasteiger partial charge in [-0.1, -0.05) is 6.07 Å². The van der Waals surface area contributed by atoms with Gasteiger partial charge in [0.2, 0.25) is 0 Å².